The Kier molecular flexibility index (Phi) is 3.76. The Hall–Kier alpha value is -1.17. The molecule has 0 aromatic heterocycles. The molecule has 2 N–H and O–H groups in total. The molecular weight excluding hydrogens is 378 g/mol. The van der Waals surface area contributed by atoms with Gasteiger partial charge in [0, 0.05) is 30.0 Å². The van der Waals surface area contributed by atoms with E-state index in [9.17, 15) is 15.1 Å². The van der Waals surface area contributed by atoms with Crippen molar-refractivity contribution in [1.29, 1.82) is 0 Å². The van der Waals surface area contributed by atoms with Crippen molar-refractivity contribution >= 4 is 5.97 Å². The average Bonchev–Trinajstić information content (AvgIpc) is 2.94. The van der Waals surface area contributed by atoms with Crippen LogP contribution in [0, 0.1) is 39.9 Å². The van der Waals surface area contributed by atoms with E-state index in [0.717, 1.165) is 44.2 Å². The van der Waals surface area contributed by atoms with Crippen LogP contribution in [0.25, 0.3) is 0 Å². The van der Waals surface area contributed by atoms with Gasteiger partial charge in [0.05, 0.1) is 6.10 Å². The van der Waals surface area contributed by atoms with E-state index in [0.29, 0.717) is 11.5 Å². The first kappa shape index (κ1) is 19.5. The lowest BCUT2D eigenvalue weighted by Crippen LogP contribution is -2.67. The maximum atomic E-state index is 12.7. The molecule has 30 heavy (non-hydrogen) atoms. The molecular formula is C25H35NO4. The molecule has 0 radical (unpaired) electrons. The molecule has 5 saturated carbocycles. The van der Waals surface area contributed by atoms with E-state index < -0.39 is 12.2 Å². The quantitative estimate of drug-likeness (QED) is 0.410. The number of hydroxylamine groups is 2. The zero-order valence-electron chi connectivity index (χ0n) is 18.4. The van der Waals surface area contributed by atoms with Gasteiger partial charge in [0.2, 0.25) is 0 Å². The molecule has 5 nitrogen and oxygen atoms in total. The highest BCUT2D eigenvalue weighted by molar-refractivity contribution is 5.87. The number of carbonyl (C=O) groups is 1. The highest BCUT2D eigenvalue weighted by atomic mass is 16.6. The molecule has 10 unspecified atom stereocenters. The van der Waals surface area contributed by atoms with Crippen LogP contribution in [0.4, 0.5) is 0 Å². The molecule has 10 atom stereocenters. The molecule has 0 amide bonds. The van der Waals surface area contributed by atoms with Gasteiger partial charge in [-0.05, 0) is 74.0 Å². The van der Waals surface area contributed by atoms with Crippen LogP contribution >= 0.6 is 0 Å². The fourth-order valence-corrected chi connectivity index (χ4v) is 10.2. The third kappa shape index (κ3) is 1.91. The van der Waals surface area contributed by atoms with Crippen molar-refractivity contribution in [3.05, 3.63) is 23.8 Å². The summed E-state index contributed by atoms with van der Waals surface area (Å²) in [6.07, 6.45) is 7.14. The molecule has 5 heteroatoms. The number of esters is 1. The zero-order valence-corrected chi connectivity index (χ0v) is 18.4. The minimum atomic E-state index is -0.680. The summed E-state index contributed by atoms with van der Waals surface area (Å²) < 4.78 is 6.02. The lowest BCUT2D eigenvalue weighted by molar-refractivity contribution is -0.271. The first-order valence-electron chi connectivity index (χ1n) is 11.9. The molecule has 1 saturated heterocycles. The number of carbonyl (C=O) groups excluding carboxylic acids is 1. The summed E-state index contributed by atoms with van der Waals surface area (Å²) >= 11 is 0. The molecule has 5 aliphatic carbocycles. The van der Waals surface area contributed by atoms with Crippen LogP contribution in [0.15, 0.2) is 23.8 Å². The summed E-state index contributed by atoms with van der Waals surface area (Å²) in [5.74, 6) is 0.432. The molecule has 0 aromatic carbocycles. The largest absolute Gasteiger partial charge is 0.456 e. The minimum absolute atomic E-state index is 0.00442. The summed E-state index contributed by atoms with van der Waals surface area (Å²) in [6, 6.07) is 0.0498. The number of piperidine rings is 1. The van der Waals surface area contributed by atoms with Crippen molar-refractivity contribution < 1.29 is 19.8 Å². The topological polar surface area (TPSA) is 70.0 Å². The Balaban J connectivity index is 1.52. The van der Waals surface area contributed by atoms with Gasteiger partial charge in [-0.15, -0.1) is 0 Å². The number of nitrogens with zero attached hydrogens (tertiary/aromatic N) is 1. The zero-order chi connectivity index (χ0) is 21.2. The van der Waals surface area contributed by atoms with Crippen molar-refractivity contribution in [1.82, 2.24) is 5.06 Å². The molecule has 1 heterocycles. The van der Waals surface area contributed by atoms with Gasteiger partial charge in [-0.25, -0.2) is 4.79 Å². The van der Waals surface area contributed by atoms with Gasteiger partial charge in [-0.3, -0.25) is 0 Å². The molecule has 6 fully saturated rings. The van der Waals surface area contributed by atoms with E-state index in [1.807, 2.05) is 6.92 Å². The summed E-state index contributed by atoms with van der Waals surface area (Å²) in [5, 5.41) is 24.9. The van der Waals surface area contributed by atoms with Crippen molar-refractivity contribution in [2.24, 2.45) is 39.9 Å². The van der Waals surface area contributed by atoms with Gasteiger partial charge < -0.3 is 15.1 Å². The third-order valence-electron chi connectivity index (χ3n) is 10.8. The number of aliphatic hydroxyl groups is 1. The smallest absolute Gasteiger partial charge is 0.333 e. The lowest BCUT2D eigenvalue weighted by Gasteiger charge is -2.65. The molecule has 6 rings (SSSR count). The van der Waals surface area contributed by atoms with Gasteiger partial charge in [0.1, 0.15) is 6.10 Å². The molecule has 6 aliphatic rings. The second-order valence-corrected chi connectivity index (χ2v) is 11.7. The van der Waals surface area contributed by atoms with Gasteiger partial charge in [0.15, 0.2) is 0 Å². The van der Waals surface area contributed by atoms with Gasteiger partial charge in [-0.2, -0.15) is 5.06 Å². The van der Waals surface area contributed by atoms with Crippen LogP contribution in [0.3, 0.4) is 0 Å². The molecule has 0 aromatic rings. The van der Waals surface area contributed by atoms with Crippen LogP contribution in [0.5, 0.6) is 0 Å². The van der Waals surface area contributed by atoms with E-state index in [1.54, 1.807) is 18.1 Å². The van der Waals surface area contributed by atoms with E-state index in [1.165, 1.54) is 6.42 Å². The standard InChI is InChI=1S/C25H35NO4/c1-5-13(2)22(28)30-19-16-14(3)11-24-10-7-15-23(4)8-6-9-25(15,20(24)18(19)27)21(17(16)24)26(29)12-23/h5,15-21,27,29H,3,6-12H2,1-2,4H3. The second-order valence-electron chi connectivity index (χ2n) is 11.7. The number of hydrogen-bond acceptors (Lipinski definition) is 5. The van der Waals surface area contributed by atoms with E-state index >= 15 is 0 Å². The number of allylic oxidation sites excluding steroid dienone is 1. The van der Waals surface area contributed by atoms with Crippen molar-refractivity contribution in [3.63, 3.8) is 0 Å². The predicted molar refractivity (Wildman–Crippen MR) is 111 cm³/mol. The van der Waals surface area contributed by atoms with Crippen LogP contribution in [-0.4, -0.2) is 46.1 Å². The Morgan fingerprint density at radius 2 is 2.10 bits per heavy atom. The highest BCUT2D eigenvalue weighted by Gasteiger charge is 2.84. The first-order valence-corrected chi connectivity index (χ1v) is 11.9. The molecule has 1 aliphatic heterocycles. The maximum Gasteiger partial charge on any atom is 0.333 e. The van der Waals surface area contributed by atoms with Crippen LogP contribution < -0.4 is 0 Å². The predicted octanol–water partition coefficient (Wildman–Crippen LogP) is 3.71. The molecule has 2 spiro atoms. The van der Waals surface area contributed by atoms with Crippen LogP contribution in [0.1, 0.15) is 59.3 Å². The first-order chi connectivity index (χ1) is 14.2. The minimum Gasteiger partial charge on any atom is -0.456 e. The lowest BCUT2D eigenvalue weighted by atomic mass is 9.42. The van der Waals surface area contributed by atoms with E-state index in [-0.39, 0.29) is 46.0 Å². The Labute approximate surface area is 179 Å². The molecule has 164 valence electrons. The van der Waals surface area contributed by atoms with Crippen LogP contribution in [-0.2, 0) is 9.53 Å². The fraction of sp³-hybridized carbons (Fsp3) is 0.800. The summed E-state index contributed by atoms with van der Waals surface area (Å²) in [4.78, 5) is 12.7. The SMILES string of the molecule is C=C1CC23CCC4C5(C)CCCC46C(C2C1C(OC(=O)C(C)=CC)C(O)C36)N(O)C5. The number of hydrogen-bond donors (Lipinski definition) is 2. The van der Waals surface area contributed by atoms with E-state index in [4.69, 9.17) is 4.74 Å². The number of rotatable bonds is 2. The Bertz CT molecular complexity index is 867. The van der Waals surface area contributed by atoms with E-state index in [2.05, 4.69) is 13.5 Å². The second kappa shape index (κ2) is 5.79. The number of aliphatic hydroxyl groups excluding tert-OH is 1. The van der Waals surface area contributed by atoms with Crippen molar-refractivity contribution in [3.8, 4) is 0 Å². The van der Waals surface area contributed by atoms with Crippen molar-refractivity contribution in [2.45, 2.75) is 77.5 Å². The van der Waals surface area contributed by atoms with Gasteiger partial charge in [0.25, 0.3) is 0 Å². The van der Waals surface area contributed by atoms with Gasteiger partial charge in [-0.1, -0.05) is 31.6 Å². The monoisotopic (exact) mass is 413 g/mol. The fourth-order valence-electron chi connectivity index (χ4n) is 10.2. The number of ether oxygens (including phenoxy) is 1. The third-order valence-corrected chi connectivity index (χ3v) is 10.8. The van der Waals surface area contributed by atoms with Gasteiger partial charge >= 0.3 is 5.97 Å². The van der Waals surface area contributed by atoms with Crippen LogP contribution in [0.2, 0.25) is 0 Å². The average molecular weight is 414 g/mol. The summed E-state index contributed by atoms with van der Waals surface area (Å²) in [7, 11) is 0. The Morgan fingerprint density at radius 1 is 1.33 bits per heavy atom. The summed E-state index contributed by atoms with van der Waals surface area (Å²) in [6.45, 7) is 11.1. The normalized spacial score (nSPS) is 56.2. The molecule has 6 bridgehead atoms. The maximum absolute atomic E-state index is 12.7. The van der Waals surface area contributed by atoms with Crippen molar-refractivity contribution in [2.75, 3.05) is 6.54 Å². The highest BCUT2D eigenvalue weighted by Crippen LogP contribution is 2.83. The Morgan fingerprint density at radius 3 is 2.83 bits per heavy atom. The summed E-state index contributed by atoms with van der Waals surface area (Å²) in [5.41, 5.74) is 1.72.